The molecule has 2 aromatic rings. The van der Waals surface area contributed by atoms with Crippen molar-refractivity contribution in [1.29, 1.82) is 0 Å². The van der Waals surface area contributed by atoms with Gasteiger partial charge in [-0.25, -0.2) is 0 Å². The number of nitrogens with two attached hydrogens (primary N) is 1. The highest BCUT2D eigenvalue weighted by Crippen LogP contribution is 2.24. The van der Waals surface area contributed by atoms with Crippen molar-refractivity contribution in [1.82, 2.24) is 10.1 Å². The van der Waals surface area contributed by atoms with Crippen LogP contribution in [-0.2, 0) is 12.0 Å². The van der Waals surface area contributed by atoms with Gasteiger partial charge in [0.2, 0.25) is 5.89 Å². The number of halogens is 2. The molecule has 1 heterocycles. The third kappa shape index (κ3) is 3.26. The van der Waals surface area contributed by atoms with Crippen LogP contribution in [0.1, 0.15) is 37.5 Å². The van der Waals surface area contributed by atoms with Crippen LogP contribution in [-0.4, -0.2) is 10.1 Å². The summed E-state index contributed by atoms with van der Waals surface area (Å²) in [6.07, 6.45) is 1.20. The number of rotatable bonds is 4. The van der Waals surface area contributed by atoms with Gasteiger partial charge in [0, 0.05) is 16.5 Å². The molecule has 0 aliphatic heterocycles. The molecule has 0 saturated heterocycles. The predicted octanol–water partition coefficient (Wildman–Crippen LogP) is 3.55. The van der Waals surface area contributed by atoms with E-state index in [-0.39, 0.29) is 0 Å². The summed E-state index contributed by atoms with van der Waals surface area (Å²) >= 11 is 12.0. The Labute approximate surface area is 121 Å². The summed E-state index contributed by atoms with van der Waals surface area (Å²) in [5, 5.41) is 5.12. The molecule has 2 rings (SSSR count). The Bertz CT molecular complexity index is 581. The van der Waals surface area contributed by atoms with Crippen LogP contribution < -0.4 is 5.73 Å². The lowest BCUT2D eigenvalue weighted by molar-refractivity contribution is 0.290. The smallest absolute Gasteiger partial charge is 0.246 e. The van der Waals surface area contributed by atoms with Gasteiger partial charge in [-0.2, -0.15) is 4.98 Å². The van der Waals surface area contributed by atoms with Gasteiger partial charge in [0.15, 0.2) is 5.82 Å². The summed E-state index contributed by atoms with van der Waals surface area (Å²) in [5.41, 5.74) is 6.35. The number of hydrogen-bond acceptors (Lipinski definition) is 4. The Balaban J connectivity index is 2.20. The van der Waals surface area contributed by atoms with E-state index in [0.29, 0.717) is 28.2 Å². The second-order valence-corrected chi connectivity index (χ2v) is 5.54. The second-order valence-electron chi connectivity index (χ2n) is 4.70. The highest BCUT2D eigenvalue weighted by molar-refractivity contribution is 6.35. The van der Waals surface area contributed by atoms with Gasteiger partial charge in [-0.1, -0.05) is 41.3 Å². The van der Waals surface area contributed by atoms with Crippen LogP contribution in [0.15, 0.2) is 22.7 Å². The van der Waals surface area contributed by atoms with E-state index in [0.717, 1.165) is 12.0 Å². The Kier molecular flexibility index (Phi) is 4.13. The standard InChI is InChI=1S/C13H15Cl2N3O/c1-3-13(2,16)12-17-11(18-19-12)6-8-4-5-9(14)7-10(8)15/h4-5,7H,3,6,16H2,1-2H3. The average Bonchev–Trinajstić information content (AvgIpc) is 2.82. The zero-order chi connectivity index (χ0) is 14.0. The average molecular weight is 300 g/mol. The SMILES string of the molecule is CCC(C)(N)c1nc(Cc2ccc(Cl)cc2Cl)no1. The summed E-state index contributed by atoms with van der Waals surface area (Å²) in [6.45, 7) is 3.83. The Morgan fingerprint density at radius 1 is 1.37 bits per heavy atom. The van der Waals surface area contributed by atoms with Gasteiger partial charge in [0.1, 0.15) is 0 Å². The third-order valence-electron chi connectivity index (χ3n) is 3.05. The molecule has 0 bridgehead atoms. The first kappa shape index (κ1) is 14.3. The Morgan fingerprint density at radius 3 is 2.74 bits per heavy atom. The van der Waals surface area contributed by atoms with Crippen molar-refractivity contribution in [3.8, 4) is 0 Å². The molecule has 0 amide bonds. The molecule has 102 valence electrons. The van der Waals surface area contributed by atoms with Crippen molar-refractivity contribution in [3.63, 3.8) is 0 Å². The minimum atomic E-state index is -0.602. The molecular weight excluding hydrogens is 285 g/mol. The van der Waals surface area contributed by atoms with E-state index in [1.807, 2.05) is 19.9 Å². The molecule has 0 spiro atoms. The highest BCUT2D eigenvalue weighted by atomic mass is 35.5. The van der Waals surface area contributed by atoms with E-state index < -0.39 is 5.54 Å². The van der Waals surface area contributed by atoms with Crippen LogP contribution in [0.3, 0.4) is 0 Å². The van der Waals surface area contributed by atoms with Gasteiger partial charge in [0.25, 0.3) is 0 Å². The summed E-state index contributed by atoms with van der Waals surface area (Å²) in [7, 11) is 0. The first-order chi connectivity index (χ1) is 8.92. The van der Waals surface area contributed by atoms with Crippen molar-refractivity contribution in [2.24, 2.45) is 5.73 Å². The van der Waals surface area contributed by atoms with E-state index in [9.17, 15) is 0 Å². The lowest BCUT2D eigenvalue weighted by Gasteiger charge is -2.16. The quantitative estimate of drug-likeness (QED) is 0.937. The summed E-state index contributed by atoms with van der Waals surface area (Å²) in [4.78, 5) is 4.32. The molecule has 0 fully saturated rings. The van der Waals surface area contributed by atoms with Gasteiger partial charge in [-0.05, 0) is 31.0 Å². The van der Waals surface area contributed by atoms with Crippen LogP contribution in [0.25, 0.3) is 0 Å². The molecule has 0 radical (unpaired) electrons. The van der Waals surface area contributed by atoms with E-state index in [4.69, 9.17) is 33.5 Å². The molecule has 2 N–H and O–H groups in total. The Morgan fingerprint density at radius 2 is 2.11 bits per heavy atom. The normalized spacial score (nSPS) is 14.4. The van der Waals surface area contributed by atoms with E-state index >= 15 is 0 Å². The molecule has 6 heteroatoms. The number of aromatic nitrogens is 2. The van der Waals surface area contributed by atoms with Gasteiger partial charge < -0.3 is 10.3 Å². The zero-order valence-corrected chi connectivity index (χ0v) is 12.3. The second kappa shape index (κ2) is 5.49. The fourth-order valence-corrected chi connectivity index (χ4v) is 2.02. The lowest BCUT2D eigenvalue weighted by Crippen LogP contribution is -2.32. The van der Waals surface area contributed by atoms with Gasteiger partial charge >= 0.3 is 0 Å². The van der Waals surface area contributed by atoms with Crippen LogP contribution in [0.2, 0.25) is 10.0 Å². The van der Waals surface area contributed by atoms with Gasteiger partial charge in [-0.3, -0.25) is 0 Å². The van der Waals surface area contributed by atoms with Crippen LogP contribution in [0.5, 0.6) is 0 Å². The fourth-order valence-electron chi connectivity index (χ4n) is 1.54. The molecule has 1 aromatic carbocycles. The van der Waals surface area contributed by atoms with Crippen molar-refractivity contribution < 1.29 is 4.52 Å². The number of hydrogen-bond donors (Lipinski definition) is 1. The van der Waals surface area contributed by atoms with Crippen molar-refractivity contribution >= 4 is 23.2 Å². The molecule has 19 heavy (non-hydrogen) atoms. The lowest BCUT2D eigenvalue weighted by atomic mass is 10.0. The molecule has 0 aliphatic carbocycles. The molecule has 0 aliphatic rings. The first-order valence-electron chi connectivity index (χ1n) is 5.98. The van der Waals surface area contributed by atoms with Gasteiger partial charge in [-0.15, -0.1) is 0 Å². The van der Waals surface area contributed by atoms with Crippen LogP contribution in [0.4, 0.5) is 0 Å². The number of nitrogens with zero attached hydrogens (tertiary/aromatic N) is 2. The summed E-state index contributed by atoms with van der Waals surface area (Å²) < 4.78 is 5.20. The maximum Gasteiger partial charge on any atom is 0.246 e. The maximum atomic E-state index is 6.11. The first-order valence-corrected chi connectivity index (χ1v) is 6.74. The van der Waals surface area contributed by atoms with E-state index in [1.54, 1.807) is 12.1 Å². The molecule has 0 saturated carbocycles. The number of benzene rings is 1. The molecular formula is C13H15Cl2N3O. The van der Waals surface area contributed by atoms with E-state index in [1.165, 1.54) is 0 Å². The van der Waals surface area contributed by atoms with Gasteiger partial charge in [0.05, 0.1) is 5.54 Å². The maximum absolute atomic E-state index is 6.11. The van der Waals surface area contributed by atoms with Crippen molar-refractivity contribution in [2.45, 2.75) is 32.2 Å². The minimum Gasteiger partial charge on any atom is -0.337 e. The molecule has 1 aromatic heterocycles. The predicted molar refractivity (Wildman–Crippen MR) is 75.4 cm³/mol. The highest BCUT2D eigenvalue weighted by Gasteiger charge is 2.26. The van der Waals surface area contributed by atoms with Crippen molar-refractivity contribution in [3.05, 3.63) is 45.5 Å². The van der Waals surface area contributed by atoms with Crippen LogP contribution in [0, 0.1) is 0 Å². The monoisotopic (exact) mass is 299 g/mol. The summed E-state index contributed by atoms with van der Waals surface area (Å²) in [5.74, 6) is 0.999. The summed E-state index contributed by atoms with van der Waals surface area (Å²) in [6, 6.07) is 5.32. The topological polar surface area (TPSA) is 64.9 Å². The van der Waals surface area contributed by atoms with Crippen molar-refractivity contribution in [2.75, 3.05) is 0 Å². The third-order valence-corrected chi connectivity index (χ3v) is 3.64. The van der Waals surface area contributed by atoms with Crippen LogP contribution >= 0.6 is 23.2 Å². The molecule has 4 nitrogen and oxygen atoms in total. The molecule has 1 atom stereocenters. The zero-order valence-electron chi connectivity index (χ0n) is 10.8. The van der Waals surface area contributed by atoms with E-state index in [2.05, 4.69) is 10.1 Å². The fraction of sp³-hybridized carbons (Fsp3) is 0.385. The molecule has 1 unspecified atom stereocenters. The Hall–Kier alpha value is -1.10. The largest absolute Gasteiger partial charge is 0.337 e. The minimum absolute atomic E-state index is 0.440.